The highest BCUT2D eigenvalue weighted by atomic mass is 32.1. The van der Waals surface area contributed by atoms with E-state index < -0.39 is 0 Å². The fourth-order valence-electron chi connectivity index (χ4n) is 1.97. The van der Waals surface area contributed by atoms with E-state index in [4.69, 9.17) is 0 Å². The highest BCUT2D eigenvalue weighted by Gasteiger charge is 2.22. The molecule has 0 unspecified atom stereocenters. The zero-order chi connectivity index (χ0) is 11.8. The lowest BCUT2D eigenvalue weighted by molar-refractivity contribution is 0.0976. The van der Waals surface area contributed by atoms with E-state index in [9.17, 15) is 4.79 Å². The minimum Gasteiger partial charge on any atom is -0.293 e. The summed E-state index contributed by atoms with van der Waals surface area (Å²) in [6.45, 7) is 2.01. The fraction of sp³-hybridized carbons (Fsp3) is 0.308. The van der Waals surface area contributed by atoms with E-state index in [1.165, 1.54) is 11.3 Å². The smallest absolute Gasteiger partial charge is 0.174 e. The van der Waals surface area contributed by atoms with E-state index in [1.807, 2.05) is 25.3 Å². The molecule has 0 saturated heterocycles. The number of aromatic nitrogens is 2. The molecule has 2 aromatic rings. The Bertz CT molecular complexity index is 572. The molecular formula is C13H12N2OS. The lowest BCUT2D eigenvalue weighted by Crippen LogP contribution is -2.07. The molecule has 0 saturated carbocycles. The number of aryl methyl sites for hydroxylation is 2. The molecule has 1 aliphatic carbocycles. The third kappa shape index (κ3) is 1.89. The van der Waals surface area contributed by atoms with Crippen molar-refractivity contribution in [1.82, 2.24) is 9.97 Å². The van der Waals surface area contributed by atoms with Gasteiger partial charge in [-0.1, -0.05) is 6.07 Å². The first-order valence-corrected chi connectivity index (χ1v) is 6.51. The zero-order valence-corrected chi connectivity index (χ0v) is 10.4. The van der Waals surface area contributed by atoms with Crippen LogP contribution in [0.4, 0.5) is 0 Å². The molecule has 3 nitrogen and oxygen atoms in total. The highest BCUT2D eigenvalue weighted by molar-refractivity contribution is 7.17. The van der Waals surface area contributed by atoms with Gasteiger partial charge in [0.15, 0.2) is 5.78 Å². The maximum atomic E-state index is 11.7. The van der Waals surface area contributed by atoms with Gasteiger partial charge < -0.3 is 0 Å². The number of hydrogen-bond acceptors (Lipinski definition) is 4. The van der Waals surface area contributed by atoms with E-state index in [0.29, 0.717) is 6.42 Å². The van der Waals surface area contributed by atoms with Gasteiger partial charge in [0.1, 0.15) is 5.01 Å². The van der Waals surface area contributed by atoms with Crippen molar-refractivity contribution in [3.05, 3.63) is 34.5 Å². The molecule has 0 radical (unpaired) electrons. The Balaban J connectivity index is 2.05. The molecule has 4 heteroatoms. The van der Waals surface area contributed by atoms with Gasteiger partial charge in [-0.05, 0) is 31.4 Å². The quantitative estimate of drug-likeness (QED) is 0.774. The Morgan fingerprint density at radius 1 is 1.29 bits per heavy atom. The zero-order valence-electron chi connectivity index (χ0n) is 9.56. The summed E-state index contributed by atoms with van der Waals surface area (Å²) in [5.41, 5.74) is 2.96. The average Bonchev–Trinajstić information content (AvgIpc) is 2.75. The second-order valence-corrected chi connectivity index (χ2v) is 5.29. The van der Waals surface area contributed by atoms with Crippen molar-refractivity contribution in [3.63, 3.8) is 0 Å². The van der Waals surface area contributed by atoms with Crippen LogP contribution in [0.3, 0.4) is 0 Å². The van der Waals surface area contributed by atoms with Gasteiger partial charge in [0.05, 0.1) is 16.3 Å². The van der Waals surface area contributed by atoms with Gasteiger partial charge >= 0.3 is 0 Å². The van der Waals surface area contributed by atoms with E-state index in [-0.39, 0.29) is 5.78 Å². The Hall–Kier alpha value is -1.55. The van der Waals surface area contributed by atoms with Crippen molar-refractivity contribution in [1.29, 1.82) is 0 Å². The van der Waals surface area contributed by atoms with Gasteiger partial charge in [0, 0.05) is 12.6 Å². The number of fused-ring (bicyclic) bond motifs is 1. The van der Waals surface area contributed by atoms with Crippen LogP contribution >= 0.6 is 11.3 Å². The minimum absolute atomic E-state index is 0.238. The van der Waals surface area contributed by atoms with Crippen molar-refractivity contribution < 1.29 is 4.79 Å². The maximum absolute atomic E-state index is 11.7. The average molecular weight is 244 g/mol. The molecule has 1 aliphatic rings. The summed E-state index contributed by atoms with van der Waals surface area (Å²) >= 11 is 1.48. The number of carbonyl (C=O) groups excluding carboxylic acids is 1. The highest BCUT2D eigenvalue weighted by Crippen LogP contribution is 2.31. The van der Waals surface area contributed by atoms with E-state index >= 15 is 0 Å². The molecular weight excluding hydrogens is 232 g/mol. The number of rotatable bonds is 1. The third-order valence-corrected chi connectivity index (χ3v) is 4.06. The van der Waals surface area contributed by atoms with Crippen LogP contribution in [-0.2, 0) is 6.42 Å². The first kappa shape index (κ1) is 10.6. The number of carbonyl (C=O) groups is 1. The van der Waals surface area contributed by atoms with Gasteiger partial charge in [0.25, 0.3) is 0 Å². The van der Waals surface area contributed by atoms with Crippen LogP contribution in [0, 0.1) is 6.92 Å². The first-order chi connectivity index (χ1) is 8.24. The monoisotopic (exact) mass is 244 g/mol. The minimum atomic E-state index is 0.238. The molecule has 2 aromatic heterocycles. The molecule has 0 aliphatic heterocycles. The van der Waals surface area contributed by atoms with Crippen molar-refractivity contribution in [2.75, 3.05) is 0 Å². The summed E-state index contributed by atoms with van der Waals surface area (Å²) in [6, 6.07) is 3.98. The molecule has 0 atom stereocenters. The van der Waals surface area contributed by atoms with Gasteiger partial charge in [-0.3, -0.25) is 9.78 Å². The SMILES string of the molecule is Cc1ccc(-c2nc3c(s2)C(=O)CCC3)nc1. The topological polar surface area (TPSA) is 42.9 Å². The lowest BCUT2D eigenvalue weighted by atomic mass is 10.0. The normalized spacial score (nSPS) is 14.8. The molecule has 0 fully saturated rings. The number of thiazole rings is 1. The molecule has 0 bridgehead atoms. The number of nitrogens with zero attached hydrogens (tertiary/aromatic N) is 2. The molecule has 0 N–H and O–H groups in total. The van der Waals surface area contributed by atoms with Crippen LogP contribution in [0.25, 0.3) is 10.7 Å². The largest absolute Gasteiger partial charge is 0.293 e. The lowest BCUT2D eigenvalue weighted by Gasteiger charge is -2.06. The van der Waals surface area contributed by atoms with Crippen molar-refractivity contribution in [3.8, 4) is 10.7 Å². The Labute approximate surface area is 104 Å². The van der Waals surface area contributed by atoms with Crippen LogP contribution in [0.2, 0.25) is 0 Å². The summed E-state index contributed by atoms with van der Waals surface area (Å²) in [7, 11) is 0. The predicted molar refractivity (Wildman–Crippen MR) is 67.4 cm³/mol. The summed E-state index contributed by atoms with van der Waals surface area (Å²) in [6.07, 6.45) is 4.34. The van der Waals surface area contributed by atoms with Crippen LogP contribution < -0.4 is 0 Å². The summed E-state index contributed by atoms with van der Waals surface area (Å²) in [4.78, 5) is 21.5. The number of Topliss-reactive ketones (excluding diaryl/α,β-unsaturated/α-hetero) is 1. The Kier molecular flexibility index (Phi) is 2.52. The van der Waals surface area contributed by atoms with Gasteiger partial charge in [-0.15, -0.1) is 11.3 Å². The molecule has 17 heavy (non-hydrogen) atoms. The van der Waals surface area contributed by atoms with Crippen LogP contribution in [0.15, 0.2) is 18.3 Å². The molecule has 2 heterocycles. The van der Waals surface area contributed by atoms with Crippen molar-refractivity contribution >= 4 is 17.1 Å². The summed E-state index contributed by atoms with van der Waals surface area (Å²) < 4.78 is 0. The van der Waals surface area contributed by atoms with E-state index in [0.717, 1.165) is 39.7 Å². The predicted octanol–water partition coefficient (Wildman–Crippen LogP) is 3.03. The Morgan fingerprint density at radius 3 is 2.88 bits per heavy atom. The standard InChI is InChI=1S/C13H12N2OS/c1-8-5-6-10(14-7-8)13-15-9-3-2-4-11(16)12(9)17-13/h5-7H,2-4H2,1H3. The molecule has 86 valence electrons. The third-order valence-electron chi connectivity index (χ3n) is 2.90. The molecule has 0 aromatic carbocycles. The summed E-state index contributed by atoms with van der Waals surface area (Å²) in [5, 5.41) is 0.866. The maximum Gasteiger partial charge on any atom is 0.174 e. The molecule has 0 amide bonds. The van der Waals surface area contributed by atoms with E-state index in [1.54, 1.807) is 0 Å². The van der Waals surface area contributed by atoms with E-state index in [2.05, 4.69) is 9.97 Å². The van der Waals surface area contributed by atoms with Crippen LogP contribution in [0.1, 0.15) is 33.8 Å². The second kappa shape index (κ2) is 4.04. The van der Waals surface area contributed by atoms with Gasteiger partial charge in [-0.25, -0.2) is 4.98 Å². The van der Waals surface area contributed by atoms with Gasteiger partial charge in [0.2, 0.25) is 0 Å². The summed E-state index contributed by atoms with van der Waals surface area (Å²) in [5.74, 6) is 0.238. The number of pyridine rings is 1. The van der Waals surface area contributed by atoms with Gasteiger partial charge in [-0.2, -0.15) is 0 Å². The molecule has 3 rings (SSSR count). The van der Waals surface area contributed by atoms with Crippen LogP contribution in [-0.4, -0.2) is 15.8 Å². The second-order valence-electron chi connectivity index (χ2n) is 4.29. The first-order valence-electron chi connectivity index (χ1n) is 5.70. The molecule has 0 spiro atoms. The Morgan fingerprint density at radius 2 is 2.18 bits per heavy atom. The number of ketones is 1. The van der Waals surface area contributed by atoms with Crippen LogP contribution in [0.5, 0.6) is 0 Å². The fourth-order valence-corrected chi connectivity index (χ4v) is 3.03. The number of hydrogen-bond donors (Lipinski definition) is 0. The van der Waals surface area contributed by atoms with Crippen molar-refractivity contribution in [2.45, 2.75) is 26.2 Å². The van der Waals surface area contributed by atoms with Crippen molar-refractivity contribution in [2.24, 2.45) is 0 Å².